The molecule has 0 heterocycles. The number of hydrogen-bond acceptors (Lipinski definition) is 3. The highest BCUT2D eigenvalue weighted by atomic mass is 35.5. The lowest BCUT2D eigenvalue weighted by Gasteiger charge is -2.13. The minimum atomic E-state index is -0.661. The van der Waals surface area contributed by atoms with Gasteiger partial charge >= 0.3 is 0 Å². The van der Waals surface area contributed by atoms with Gasteiger partial charge in [-0.2, -0.15) is 0 Å². The molecule has 1 amide bonds. The molecule has 122 valence electrons. The monoisotopic (exact) mass is 325 g/mol. The SMILES string of the molecule is CC(C)COCC(O)CNC(=O)C1CC1c1cccc(Cl)c1. The molecule has 1 aliphatic rings. The molecule has 2 N–H and O–H groups in total. The van der Waals surface area contributed by atoms with Crippen LogP contribution in [0.2, 0.25) is 5.02 Å². The van der Waals surface area contributed by atoms with Crippen molar-refractivity contribution in [3.8, 4) is 0 Å². The van der Waals surface area contributed by atoms with Crippen molar-refractivity contribution in [2.45, 2.75) is 32.3 Å². The van der Waals surface area contributed by atoms with Gasteiger partial charge in [0.25, 0.3) is 0 Å². The van der Waals surface area contributed by atoms with Crippen LogP contribution in [-0.2, 0) is 9.53 Å². The zero-order valence-corrected chi connectivity index (χ0v) is 13.8. The maximum atomic E-state index is 12.1. The van der Waals surface area contributed by atoms with Crippen LogP contribution in [0.3, 0.4) is 0 Å². The topological polar surface area (TPSA) is 58.6 Å². The van der Waals surface area contributed by atoms with Gasteiger partial charge in [-0.25, -0.2) is 0 Å². The number of aliphatic hydroxyl groups is 1. The summed E-state index contributed by atoms with van der Waals surface area (Å²) in [5, 5.41) is 13.3. The van der Waals surface area contributed by atoms with Gasteiger partial charge in [0.1, 0.15) is 0 Å². The molecule has 1 aliphatic carbocycles. The van der Waals surface area contributed by atoms with Gasteiger partial charge in [0.15, 0.2) is 0 Å². The van der Waals surface area contributed by atoms with Crippen LogP contribution in [0.5, 0.6) is 0 Å². The van der Waals surface area contributed by atoms with E-state index >= 15 is 0 Å². The van der Waals surface area contributed by atoms with Crippen molar-refractivity contribution in [2.24, 2.45) is 11.8 Å². The van der Waals surface area contributed by atoms with Gasteiger partial charge in [-0.05, 0) is 36.0 Å². The molecule has 0 spiro atoms. The van der Waals surface area contributed by atoms with Gasteiger partial charge in [0.05, 0.1) is 12.7 Å². The summed E-state index contributed by atoms with van der Waals surface area (Å²) in [5.74, 6) is 0.662. The Bertz CT molecular complexity index is 506. The second-order valence-electron chi connectivity index (χ2n) is 6.33. The summed E-state index contributed by atoms with van der Waals surface area (Å²) in [6, 6.07) is 7.64. The molecule has 2 rings (SSSR count). The molecule has 0 aromatic heterocycles. The molecular weight excluding hydrogens is 302 g/mol. The molecule has 5 heteroatoms. The Morgan fingerprint density at radius 1 is 1.45 bits per heavy atom. The fourth-order valence-electron chi connectivity index (χ4n) is 2.44. The van der Waals surface area contributed by atoms with Crippen LogP contribution in [0.15, 0.2) is 24.3 Å². The summed E-state index contributed by atoms with van der Waals surface area (Å²) in [5.41, 5.74) is 1.11. The third-order valence-corrected chi connectivity index (χ3v) is 3.91. The molecule has 0 bridgehead atoms. The number of rotatable bonds is 8. The van der Waals surface area contributed by atoms with Gasteiger partial charge in [-0.1, -0.05) is 37.6 Å². The summed E-state index contributed by atoms with van der Waals surface area (Å²) in [7, 11) is 0. The van der Waals surface area contributed by atoms with Crippen molar-refractivity contribution in [1.29, 1.82) is 0 Å². The zero-order chi connectivity index (χ0) is 16.1. The highest BCUT2D eigenvalue weighted by molar-refractivity contribution is 6.30. The molecule has 1 saturated carbocycles. The van der Waals surface area contributed by atoms with E-state index in [9.17, 15) is 9.90 Å². The lowest BCUT2D eigenvalue weighted by Crippen LogP contribution is -2.35. The first-order valence-electron chi connectivity index (χ1n) is 7.76. The average molecular weight is 326 g/mol. The molecular formula is C17H24ClNO3. The largest absolute Gasteiger partial charge is 0.389 e. The van der Waals surface area contributed by atoms with Crippen molar-refractivity contribution in [3.05, 3.63) is 34.9 Å². The zero-order valence-electron chi connectivity index (χ0n) is 13.1. The Kier molecular flexibility index (Phi) is 6.24. The molecule has 4 nitrogen and oxygen atoms in total. The van der Waals surface area contributed by atoms with Crippen LogP contribution >= 0.6 is 11.6 Å². The molecule has 22 heavy (non-hydrogen) atoms. The molecule has 1 aromatic carbocycles. The summed E-state index contributed by atoms with van der Waals surface area (Å²) < 4.78 is 5.35. The number of carbonyl (C=O) groups excluding carboxylic acids is 1. The predicted octanol–water partition coefficient (Wildman–Crippen LogP) is 2.59. The average Bonchev–Trinajstić information content (AvgIpc) is 3.25. The minimum absolute atomic E-state index is 0.00659. The van der Waals surface area contributed by atoms with E-state index in [1.54, 1.807) is 0 Å². The fraction of sp³-hybridized carbons (Fsp3) is 0.588. The molecule has 0 aliphatic heterocycles. The number of hydrogen-bond donors (Lipinski definition) is 2. The van der Waals surface area contributed by atoms with Crippen LogP contribution in [0.25, 0.3) is 0 Å². The number of amides is 1. The van der Waals surface area contributed by atoms with E-state index in [1.165, 1.54) is 0 Å². The Balaban J connectivity index is 1.69. The van der Waals surface area contributed by atoms with Crippen LogP contribution in [0.4, 0.5) is 0 Å². The highest BCUT2D eigenvalue weighted by Crippen LogP contribution is 2.47. The summed E-state index contributed by atoms with van der Waals surface area (Å²) in [6.07, 6.45) is 0.178. The minimum Gasteiger partial charge on any atom is -0.389 e. The molecule has 1 aromatic rings. The molecule has 3 atom stereocenters. The maximum Gasteiger partial charge on any atom is 0.223 e. The van der Waals surface area contributed by atoms with Crippen LogP contribution in [0, 0.1) is 11.8 Å². The number of aliphatic hydroxyl groups excluding tert-OH is 1. The van der Waals surface area contributed by atoms with Gasteiger partial charge in [-0.3, -0.25) is 4.79 Å². The Morgan fingerprint density at radius 2 is 2.23 bits per heavy atom. The lowest BCUT2D eigenvalue weighted by atomic mass is 10.1. The first-order valence-corrected chi connectivity index (χ1v) is 8.14. The third kappa shape index (κ3) is 5.27. The van der Waals surface area contributed by atoms with Crippen LogP contribution in [-0.4, -0.2) is 36.9 Å². The second-order valence-corrected chi connectivity index (χ2v) is 6.77. The van der Waals surface area contributed by atoms with E-state index < -0.39 is 6.10 Å². The van der Waals surface area contributed by atoms with E-state index in [-0.39, 0.29) is 30.9 Å². The van der Waals surface area contributed by atoms with Crippen molar-refractivity contribution in [1.82, 2.24) is 5.32 Å². The quantitative estimate of drug-likeness (QED) is 0.772. The number of nitrogens with one attached hydrogen (secondary N) is 1. The highest BCUT2D eigenvalue weighted by Gasteiger charge is 2.43. The van der Waals surface area contributed by atoms with Crippen molar-refractivity contribution < 1.29 is 14.6 Å². The summed E-state index contributed by atoms with van der Waals surface area (Å²) >= 11 is 5.97. The van der Waals surface area contributed by atoms with Crippen molar-refractivity contribution in [3.63, 3.8) is 0 Å². The van der Waals surface area contributed by atoms with Crippen LogP contribution < -0.4 is 5.32 Å². The normalized spacial score (nSPS) is 21.7. The summed E-state index contributed by atoms with van der Waals surface area (Å²) in [6.45, 7) is 5.20. The smallest absolute Gasteiger partial charge is 0.223 e. The van der Waals surface area contributed by atoms with Crippen molar-refractivity contribution >= 4 is 17.5 Å². The van der Waals surface area contributed by atoms with E-state index in [2.05, 4.69) is 19.2 Å². The van der Waals surface area contributed by atoms with Gasteiger partial charge < -0.3 is 15.2 Å². The fourth-order valence-corrected chi connectivity index (χ4v) is 2.64. The van der Waals surface area contributed by atoms with E-state index in [0.717, 1.165) is 12.0 Å². The number of benzene rings is 1. The maximum absolute atomic E-state index is 12.1. The number of ether oxygens (including phenoxy) is 1. The molecule has 3 unspecified atom stereocenters. The Hall–Kier alpha value is -1.10. The first kappa shape index (κ1) is 17.3. The predicted molar refractivity (Wildman–Crippen MR) is 87.0 cm³/mol. The third-order valence-electron chi connectivity index (χ3n) is 3.68. The number of carbonyl (C=O) groups is 1. The van der Waals surface area contributed by atoms with E-state index in [0.29, 0.717) is 17.5 Å². The van der Waals surface area contributed by atoms with Gasteiger partial charge in [-0.15, -0.1) is 0 Å². The van der Waals surface area contributed by atoms with Crippen LogP contribution in [0.1, 0.15) is 31.7 Å². The van der Waals surface area contributed by atoms with Crippen molar-refractivity contribution in [2.75, 3.05) is 19.8 Å². The lowest BCUT2D eigenvalue weighted by molar-refractivity contribution is -0.123. The standard InChI is InChI=1S/C17H24ClNO3/c1-11(2)9-22-10-14(20)8-19-17(21)16-7-15(16)12-4-3-5-13(18)6-12/h3-6,11,14-16,20H,7-10H2,1-2H3,(H,19,21). The Labute approximate surface area is 136 Å². The van der Waals surface area contributed by atoms with E-state index in [1.807, 2.05) is 24.3 Å². The van der Waals surface area contributed by atoms with E-state index in [4.69, 9.17) is 16.3 Å². The first-order chi connectivity index (χ1) is 10.5. The van der Waals surface area contributed by atoms with Gasteiger partial charge in [0, 0.05) is 24.1 Å². The molecule has 0 radical (unpaired) electrons. The Morgan fingerprint density at radius 3 is 2.91 bits per heavy atom. The molecule has 1 fully saturated rings. The molecule has 0 saturated heterocycles. The summed E-state index contributed by atoms with van der Waals surface area (Å²) in [4.78, 5) is 12.1. The number of halogens is 1. The van der Waals surface area contributed by atoms with Gasteiger partial charge in [0.2, 0.25) is 5.91 Å². The second kappa shape index (κ2) is 7.95.